The predicted octanol–water partition coefficient (Wildman–Crippen LogP) is 4.46. The molecule has 1 aromatic carbocycles. The number of benzene rings is 1. The maximum Gasteiger partial charge on any atom is 0.423 e. The first-order chi connectivity index (χ1) is 15.5. The molecule has 0 saturated heterocycles. The molecule has 0 aliphatic carbocycles. The first-order valence-electron chi connectivity index (χ1n) is 9.26. The molecule has 0 spiro atoms. The van der Waals surface area contributed by atoms with E-state index in [1.807, 2.05) is 5.43 Å². The molecule has 0 fully saturated rings. The second-order valence-corrected chi connectivity index (χ2v) is 8.46. The topological polar surface area (TPSA) is 129 Å². The maximum absolute atomic E-state index is 13.4. The van der Waals surface area contributed by atoms with Crippen molar-refractivity contribution in [2.24, 2.45) is 0 Å². The number of hydrogen-bond acceptors (Lipinski definition) is 5. The van der Waals surface area contributed by atoms with E-state index in [2.05, 4.69) is 31.3 Å². The van der Waals surface area contributed by atoms with E-state index in [0.29, 0.717) is 15.7 Å². The lowest BCUT2D eigenvalue weighted by Gasteiger charge is -2.20. The van der Waals surface area contributed by atoms with E-state index in [0.717, 1.165) is 5.01 Å². The molecule has 3 rings (SSSR count). The van der Waals surface area contributed by atoms with E-state index in [9.17, 15) is 14.4 Å². The van der Waals surface area contributed by atoms with Crippen molar-refractivity contribution in [1.29, 1.82) is 0 Å². The normalized spacial score (nSPS) is 10.6. The van der Waals surface area contributed by atoms with E-state index in [1.54, 1.807) is 32.0 Å². The molecule has 0 saturated carbocycles. The largest absolute Gasteiger partial charge is 0.464 e. The first kappa shape index (κ1) is 24.5. The number of carbonyl (C=O) groups excluding carboxylic acids is 2. The molecule has 172 valence electrons. The summed E-state index contributed by atoms with van der Waals surface area (Å²) in [4.78, 5) is 41.4. The van der Waals surface area contributed by atoms with Gasteiger partial charge in [0, 0.05) is 23.8 Å². The van der Waals surface area contributed by atoms with E-state index in [1.165, 1.54) is 24.0 Å². The third kappa shape index (κ3) is 5.10. The third-order valence-electron chi connectivity index (χ3n) is 4.56. The molecule has 2 heterocycles. The minimum atomic E-state index is -1.42. The quantitative estimate of drug-likeness (QED) is 0.407. The lowest BCUT2D eigenvalue weighted by atomic mass is 10.1. The van der Waals surface area contributed by atoms with Gasteiger partial charge in [-0.25, -0.2) is 19.9 Å². The van der Waals surface area contributed by atoms with Crippen molar-refractivity contribution in [1.82, 2.24) is 25.2 Å². The average Bonchev–Trinajstić information content (AvgIpc) is 3.03. The van der Waals surface area contributed by atoms with Crippen LogP contribution in [-0.2, 0) is 0 Å². The molecule has 0 radical (unpaired) electrons. The number of nitrogens with one attached hydrogen (secondary N) is 2. The van der Waals surface area contributed by atoms with Crippen LogP contribution in [0.3, 0.4) is 0 Å². The Bertz CT molecular complexity index is 1280. The van der Waals surface area contributed by atoms with Crippen LogP contribution in [0.5, 0.6) is 0 Å². The summed E-state index contributed by atoms with van der Waals surface area (Å²) < 4.78 is 1.70. The molecular weight excluding hydrogens is 539 g/mol. The molecule has 0 atom stereocenters. The Kier molecular flexibility index (Phi) is 7.25. The van der Waals surface area contributed by atoms with Gasteiger partial charge in [0.2, 0.25) is 0 Å². The Morgan fingerprint density at radius 3 is 2.55 bits per heavy atom. The summed E-state index contributed by atoms with van der Waals surface area (Å²) in [7, 11) is 1.23. The highest BCUT2D eigenvalue weighted by molar-refractivity contribution is 9.10. The number of rotatable bonds is 4. The summed E-state index contributed by atoms with van der Waals surface area (Å²) in [5.74, 6) is -1.08. The number of halogens is 3. The van der Waals surface area contributed by atoms with Crippen molar-refractivity contribution in [3.8, 4) is 5.82 Å². The van der Waals surface area contributed by atoms with Crippen LogP contribution >= 0.6 is 39.1 Å². The number of aryl methyl sites for hydroxylation is 1. The Hall–Kier alpha value is -3.15. The highest BCUT2D eigenvalue weighted by atomic mass is 79.9. The molecule has 3 amide bonds. The van der Waals surface area contributed by atoms with Gasteiger partial charge in [0.05, 0.1) is 16.3 Å². The Morgan fingerprint density at radius 2 is 1.91 bits per heavy atom. The number of amides is 3. The van der Waals surface area contributed by atoms with E-state index >= 15 is 0 Å². The van der Waals surface area contributed by atoms with Gasteiger partial charge in [0.25, 0.3) is 11.8 Å². The molecule has 0 aliphatic heterocycles. The van der Waals surface area contributed by atoms with Crippen LogP contribution in [0, 0.1) is 13.8 Å². The van der Waals surface area contributed by atoms with Gasteiger partial charge in [-0.05, 0) is 59.6 Å². The smallest absolute Gasteiger partial charge is 0.423 e. The molecule has 33 heavy (non-hydrogen) atoms. The molecule has 3 aromatic rings. The molecule has 10 nitrogen and oxygen atoms in total. The zero-order chi connectivity index (χ0) is 24.4. The Labute approximate surface area is 206 Å². The van der Waals surface area contributed by atoms with Crippen LogP contribution in [0.4, 0.5) is 10.5 Å². The van der Waals surface area contributed by atoms with Gasteiger partial charge in [-0.1, -0.05) is 23.2 Å². The van der Waals surface area contributed by atoms with E-state index in [-0.39, 0.29) is 32.8 Å². The maximum atomic E-state index is 13.4. The number of nitrogens with zero attached hydrogens (tertiary/aromatic N) is 4. The molecule has 3 N–H and O–H groups in total. The fraction of sp³-hybridized carbons (Fsp3) is 0.150. The summed E-state index contributed by atoms with van der Waals surface area (Å²) in [6.45, 7) is 3.34. The van der Waals surface area contributed by atoms with Gasteiger partial charge < -0.3 is 10.4 Å². The SMILES string of the molecule is Cc1cc(Cl)cc(C(=O)N(C)NC(=O)O)c1NC(=O)c1c(C)c(Br)nn1-c1ncccc1Cl. The fourth-order valence-corrected chi connectivity index (χ4v) is 3.87. The number of aromatic nitrogens is 3. The number of carboxylic acid groups (broad SMARTS) is 1. The van der Waals surface area contributed by atoms with Crippen molar-refractivity contribution in [3.05, 3.63) is 67.5 Å². The van der Waals surface area contributed by atoms with Gasteiger partial charge in [-0.2, -0.15) is 5.10 Å². The zero-order valence-corrected chi connectivity index (χ0v) is 20.6. The highest BCUT2D eigenvalue weighted by Crippen LogP contribution is 2.29. The lowest BCUT2D eigenvalue weighted by Crippen LogP contribution is -2.42. The van der Waals surface area contributed by atoms with Crippen LogP contribution in [-0.4, -0.2) is 49.8 Å². The van der Waals surface area contributed by atoms with Crippen LogP contribution in [0.2, 0.25) is 10.0 Å². The fourth-order valence-electron chi connectivity index (χ4n) is 3.05. The predicted molar refractivity (Wildman–Crippen MR) is 126 cm³/mol. The zero-order valence-electron chi connectivity index (χ0n) is 17.5. The van der Waals surface area contributed by atoms with Crippen LogP contribution in [0.15, 0.2) is 35.1 Å². The van der Waals surface area contributed by atoms with Gasteiger partial charge in [-0.3, -0.25) is 14.6 Å². The second kappa shape index (κ2) is 9.77. The highest BCUT2D eigenvalue weighted by Gasteiger charge is 2.26. The lowest BCUT2D eigenvalue weighted by molar-refractivity contribution is 0.0706. The summed E-state index contributed by atoms with van der Waals surface area (Å²) in [6, 6.07) is 6.16. The Balaban J connectivity index is 2.07. The van der Waals surface area contributed by atoms with Crippen LogP contribution < -0.4 is 10.7 Å². The van der Waals surface area contributed by atoms with Gasteiger partial charge in [-0.15, -0.1) is 0 Å². The van der Waals surface area contributed by atoms with Crippen molar-refractivity contribution in [3.63, 3.8) is 0 Å². The van der Waals surface area contributed by atoms with Crippen molar-refractivity contribution >= 4 is 62.7 Å². The summed E-state index contributed by atoms with van der Waals surface area (Å²) in [5.41, 5.74) is 3.22. The number of hydrogen-bond donors (Lipinski definition) is 3. The second-order valence-electron chi connectivity index (χ2n) is 6.87. The van der Waals surface area contributed by atoms with Gasteiger partial charge in [0.15, 0.2) is 5.82 Å². The third-order valence-corrected chi connectivity index (χ3v) is 5.82. The summed E-state index contributed by atoms with van der Waals surface area (Å²) >= 11 is 15.7. The number of carbonyl (C=O) groups is 3. The monoisotopic (exact) mass is 554 g/mol. The first-order valence-corrected chi connectivity index (χ1v) is 10.8. The van der Waals surface area contributed by atoms with Gasteiger partial charge in [0.1, 0.15) is 10.3 Å². The molecule has 2 aromatic heterocycles. The molecular formula is C20H17BrCl2N6O4. The molecule has 13 heteroatoms. The minimum Gasteiger partial charge on any atom is -0.464 e. The van der Waals surface area contributed by atoms with Gasteiger partial charge >= 0.3 is 6.09 Å². The van der Waals surface area contributed by atoms with Crippen molar-refractivity contribution < 1.29 is 19.5 Å². The Morgan fingerprint density at radius 1 is 1.21 bits per heavy atom. The van der Waals surface area contributed by atoms with E-state index in [4.69, 9.17) is 28.3 Å². The van der Waals surface area contributed by atoms with Crippen molar-refractivity contribution in [2.75, 3.05) is 12.4 Å². The number of pyridine rings is 1. The van der Waals surface area contributed by atoms with Crippen LogP contribution in [0.25, 0.3) is 5.82 Å². The number of anilines is 1. The summed E-state index contributed by atoms with van der Waals surface area (Å²) in [6.07, 6.45) is 0.0889. The van der Waals surface area contributed by atoms with Crippen LogP contribution in [0.1, 0.15) is 32.0 Å². The average molecular weight is 556 g/mol. The molecule has 0 unspecified atom stereocenters. The minimum absolute atomic E-state index is 0.0109. The standard InChI is InChI=1S/C20H17BrCl2N6O4/c1-9-7-11(22)8-12(19(31)28(3)27-20(32)33)14(9)25-18(30)15-10(2)16(21)26-29(15)17-13(23)5-4-6-24-17/h4-8,27H,1-3H3,(H,25,30)(H,32,33). The molecule has 0 aliphatic rings. The number of hydrazine groups is 1. The van der Waals surface area contributed by atoms with E-state index < -0.39 is 17.9 Å². The van der Waals surface area contributed by atoms with Crippen molar-refractivity contribution in [2.45, 2.75) is 13.8 Å². The summed E-state index contributed by atoms with van der Waals surface area (Å²) in [5, 5.41) is 17.2. The molecule has 0 bridgehead atoms.